The molecular weight excluding hydrogens is 174 g/mol. The van der Waals surface area contributed by atoms with E-state index in [-0.39, 0.29) is 0 Å². The summed E-state index contributed by atoms with van der Waals surface area (Å²) in [6.07, 6.45) is 5.69. The molecule has 0 heterocycles. The number of hydrogen-bond acceptors (Lipinski definition) is 2. The van der Waals surface area contributed by atoms with E-state index in [0.717, 1.165) is 31.5 Å². The molecule has 84 valence electrons. The predicted molar refractivity (Wildman–Crippen MR) is 60.5 cm³/mol. The number of nitrogens with one attached hydrogen (secondary N) is 1. The van der Waals surface area contributed by atoms with Gasteiger partial charge in [-0.3, -0.25) is 0 Å². The molecule has 2 atom stereocenters. The molecule has 0 aliphatic heterocycles. The van der Waals surface area contributed by atoms with Crippen molar-refractivity contribution in [1.29, 1.82) is 0 Å². The van der Waals surface area contributed by atoms with Gasteiger partial charge in [-0.1, -0.05) is 13.3 Å². The van der Waals surface area contributed by atoms with Gasteiger partial charge in [-0.15, -0.1) is 0 Å². The van der Waals surface area contributed by atoms with Gasteiger partial charge in [-0.2, -0.15) is 0 Å². The van der Waals surface area contributed by atoms with Crippen LogP contribution in [-0.2, 0) is 4.74 Å². The molecule has 0 aromatic carbocycles. The average Bonchev–Trinajstić information content (AvgIpc) is 2.51. The van der Waals surface area contributed by atoms with E-state index in [1.807, 2.05) is 0 Å². The fourth-order valence-corrected chi connectivity index (χ4v) is 2.13. The van der Waals surface area contributed by atoms with Crippen molar-refractivity contribution in [3.63, 3.8) is 0 Å². The molecular formula is C12H25NO. The second-order valence-corrected chi connectivity index (χ2v) is 4.74. The molecule has 1 saturated carbocycles. The Labute approximate surface area is 88.4 Å². The van der Waals surface area contributed by atoms with Crippen LogP contribution in [0.2, 0.25) is 0 Å². The third-order valence-corrected chi connectivity index (χ3v) is 3.04. The first-order chi connectivity index (χ1) is 6.70. The Balaban J connectivity index is 1.93. The Morgan fingerprint density at radius 2 is 2.14 bits per heavy atom. The highest BCUT2D eigenvalue weighted by molar-refractivity contribution is 4.79. The van der Waals surface area contributed by atoms with Crippen LogP contribution in [0.3, 0.4) is 0 Å². The first-order valence-electron chi connectivity index (χ1n) is 6.05. The van der Waals surface area contributed by atoms with E-state index >= 15 is 0 Å². The molecule has 0 aromatic rings. The van der Waals surface area contributed by atoms with Gasteiger partial charge in [0.15, 0.2) is 0 Å². The maximum absolute atomic E-state index is 5.49. The van der Waals surface area contributed by atoms with Crippen LogP contribution in [0.5, 0.6) is 0 Å². The van der Waals surface area contributed by atoms with Crippen molar-refractivity contribution < 1.29 is 4.74 Å². The lowest BCUT2D eigenvalue weighted by Crippen LogP contribution is -2.32. The van der Waals surface area contributed by atoms with Gasteiger partial charge in [0.1, 0.15) is 0 Å². The van der Waals surface area contributed by atoms with Crippen LogP contribution < -0.4 is 5.32 Å². The molecule has 2 nitrogen and oxygen atoms in total. The van der Waals surface area contributed by atoms with E-state index in [9.17, 15) is 0 Å². The lowest BCUT2D eigenvalue weighted by Gasteiger charge is -2.17. The summed E-state index contributed by atoms with van der Waals surface area (Å²) in [4.78, 5) is 0. The fraction of sp³-hybridized carbons (Fsp3) is 1.00. The Bertz CT molecular complexity index is 147. The Hall–Kier alpha value is -0.0800. The van der Waals surface area contributed by atoms with Crippen LogP contribution in [-0.4, -0.2) is 25.3 Å². The van der Waals surface area contributed by atoms with Gasteiger partial charge in [0.2, 0.25) is 0 Å². The van der Waals surface area contributed by atoms with E-state index in [1.54, 1.807) is 0 Å². The van der Waals surface area contributed by atoms with Gasteiger partial charge in [-0.25, -0.2) is 0 Å². The molecule has 0 spiro atoms. The molecule has 0 amide bonds. The molecule has 0 aromatic heterocycles. The second kappa shape index (κ2) is 6.41. The molecule has 0 bridgehead atoms. The lowest BCUT2D eigenvalue weighted by molar-refractivity contribution is 0.0765. The van der Waals surface area contributed by atoms with Crippen molar-refractivity contribution in [3.8, 4) is 0 Å². The minimum absolute atomic E-state index is 0.375. The highest BCUT2D eigenvalue weighted by Crippen LogP contribution is 2.24. The van der Waals surface area contributed by atoms with Gasteiger partial charge in [0.05, 0.1) is 6.10 Å². The van der Waals surface area contributed by atoms with Crippen molar-refractivity contribution in [3.05, 3.63) is 0 Å². The molecule has 14 heavy (non-hydrogen) atoms. The Morgan fingerprint density at radius 1 is 1.36 bits per heavy atom. The quantitative estimate of drug-likeness (QED) is 0.664. The van der Waals surface area contributed by atoms with E-state index in [1.165, 1.54) is 19.3 Å². The maximum atomic E-state index is 5.49. The van der Waals surface area contributed by atoms with Crippen molar-refractivity contribution in [2.24, 2.45) is 5.92 Å². The third-order valence-electron chi connectivity index (χ3n) is 3.04. The zero-order valence-electron chi connectivity index (χ0n) is 9.88. The normalized spacial score (nSPS) is 27.4. The molecule has 1 N–H and O–H groups in total. The van der Waals surface area contributed by atoms with Gasteiger partial charge in [0.25, 0.3) is 0 Å². The van der Waals surface area contributed by atoms with Crippen LogP contribution >= 0.6 is 0 Å². The third kappa shape index (κ3) is 4.43. The van der Waals surface area contributed by atoms with Gasteiger partial charge in [-0.05, 0) is 45.6 Å². The predicted octanol–water partition coefficient (Wildman–Crippen LogP) is 2.58. The van der Waals surface area contributed by atoms with E-state index < -0.39 is 0 Å². The SMILES string of the molecule is CC(C)OCCCNC1CCCC1C. The van der Waals surface area contributed by atoms with Crippen molar-refractivity contribution in [2.45, 2.75) is 58.6 Å². The van der Waals surface area contributed by atoms with Crippen molar-refractivity contribution in [1.82, 2.24) is 5.32 Å². The van der Waals surface area contributed by atoms with E-state index in [0.29, 0.717) is 6.10 Å². The number of hydrogen-bond donors (Lipinski definition) is 1. The minimum atomic E-state index is 0.375. The average molecular weight is 199 g/mol. The summed E-state index contributed by atoms with van der Waals surface area (Å²) in [5.74, 6) is 0.876. The molecule has 1 fully saturated rings. The van der Waals surface area contributed by atoms with Crippen molar-refractivity contribution in [2.75, 3.05) is 13.2 Å². The number of ether oxygens (including phenoxy) is 1. The molecule has 1 rings (SSSR count). The summed E-state index contributed by atoms with van der Waals surface area (Å²) in [5.41, 5.74) is 0. The fourth-order valence-electron chi connectivity index (χ4n) is 2.13. The van der Waals surface area contributed by atoms with Gasteiger partial charge >= 0.3 is 0 Å². The lowest BCUT2D eigenvalue weighted by atomic mass is 10.1. The molecule has 1 aliphatic rings. The van der Waals surface area contributed by atoms with Crippen LogP contribution in [0.15, 0.2) is 0 Å². The topological polar surface area (TPSA) is 21.3 Å². The van der Waals surface area contributed by atoms with Crippen molar-refractivity contribution >= 4 is 0 Å². The largest absolute Gasteiger partial charge is 0.379 e. The molecule has 0 saturated heterocycles. The zero-order valence-corrected chi connectivity index (χ0v) is 9.88. The Kier molecular flexibility index (Phi) is 5.49. The first-order valence-corrected chi connectivity index (χ1v) is 6.05. The standard InChI is InChI=1S/C12H25NO/c1-10(2)14-9-5-8-13-12-7-4-6-11(12)3/h10-13H,4-9H2,1-3H3. The summed E-state index contributed by atoms with van der Waals surface area (Å²) >= 11 is 0. The summed E-state index contributed by atoms with van der Waals surface area (Å²) in [6.45, 7) is 8.54. The smallest absolute Gasteiger partial charge is 0.0518 e. The summed E-state index contributed by atoms with van der Waals surface area (Å²) in [7, 11) is 0. The minimum Gasteiger partial charge on any atom is -0.379 e. The second-order valence-electron chi connectivity index (χ2n) is 4.74. The van der Waals surface area contributed by atoms with Crippen LogP contribution in [0, 0.1) is 5.92 Å². The van der Waals surface area contributed by atoms with E-state index in [4.69, 9.17) is 4.74 Å². The van der Waals surface area contributed by atoms with Crippen LogP contribution in [0.25, 0.3) is 0 Å². The van der Waals surface area contributed by atoms with Gasteiger partial charge in [0, 0.05) is 12.6 Å². The van der Waals surface area contributed by atoms with E-state index in [2.05, 4.69) is 26.1 Å². The summed E-state index contributed by atoms with van der Waals surface area (Å²) in [6, 6.07) is 0.772. The highest BCUT2D eigenvalue weighted by Gasteiger charge is 2.21. The number of rotatable bonds is 6. The molecule has 1 aliphatic carbocycles. The summed E-state index contributed by atoms with van der Waals surface area (Å²) in [5, 5.41) is 3.63. The first kappa shape index (κ1) is 12.0. The monoisotopic (exact) mass is 199 g/mol. The zero-order chi connectivity index (χ0) is 10.4. The van der Waals surface area contributed by atoms with Crippen LogP contribution in [0.1, 0.15) is 46.5 Å². The highest BCUT2D eigenvalue weighted by atomic mass is 16.5. The molecule has 0 radical (unpaired) electrons. The van der Waals surface area contributed by atoms with Gasteiger partial charge < -0.3 is 10.1 Å². The molecule has 2 unspecified atom stereocenters. The summed E-state index contributed by atoms with van der Waals surface area (Å²) < 4.78 is 5.49. The Morgan fingerprint density at radius 3 is 2.71 bits per heavy atom. The molecule has 2 heteroatoms. The van der Waals surface area contributed by atoms with Crippen LogP contribution in [0.4, 0.5) is 0 Å². The maximum Gasteiger partial charge on any atom is 0.0518 e.